The number of nitrogens with zero attached hydrogens (tertiary/aromatic N) is 1. The second-order valence-electron chi connectivity index (χ2n) is 3.84. The number of rotatable bonds is 5. The predicted octanol–water partition coefficient (Wildman–Crippen LogP) is 0.814. The molecule has 1 aromatic rings. The molecule has 1 aliphatic heterocycles. The van der Waals surface area contributed by atoms with E-state index < -0.39 is 0 Å². The summed E-state index contributed by atoms with van der Waals surface area (Å²) in [6.07, 6.45) is 1.47. The van der Waals surface area contributed by atoms with Gasteiger partial charge in [-0.25, -0.2) is 0 Å². The van der Waals surface area contributed by atoms with E-state index >= 15 is 0 Å². The molecular weight excluding hydrogens is 240 g/mol. The summed E-state index contributed by atoms with van der Waals surface area (Å²) < 4.78 is 9.46. The van der Waals surface area contributed by atoms with Crippen molar-refractivity contribution >= 4 is 28.3 Å². The molecule has 4 N–H and O–H groups in total. The number of hydrogen-bond acceptors (Lipinski definition) is 6. The fraction of sp³-hybridized carbons (Fsp3) is 0.600. The lowest BCUT2D eigenvalue weighted by Gasteiger charge is -2.12. The Morgan fingerprint density at radius 2 is 2.53 bits per heavy atom. The van der Waals surface area contributed by atoms with E-state index in [1.807, 2.05) is 6.92 Å². The van der Waals surface area contributed by atoms with Crippen molar-refractivity contribution in [2.24, 2.45) is 0 Å². The van der Waals surface area contributed by atoms with E-state index in [1.54, 1.807) is 0 Å². The summed E-state index contributed by atoms with van der Waals surface area (Å²) in [5, 5.41) is 6.94. The van der Waals surface area contributed by atoms with Crippen LogP contribution in [0.5, 0.6) is 5.75 Å². The Morgan fingerprint density at radius 3 is 3.18 bits per heavy atom. The van der Waals surface area contributed by atoms with E-state index in [1.165, 1.54) is 11.5 Å². The van der Waals surface area contributed by atoms with E-state index in [-0.39, 0.29) is 11.9 Å². The Labute approximate surface area is 104 Å². The molecule has 1 fully saturated rings. The minimum atomic E-state index is 0.116. The Balaban J connectivity index is 1.92. The van der Waals surface area contributed by atoms with Gasteiger partial charge in [0.2, 0.25) is 5.91 Å². The summed E-state index contributed by atoms with van der Waals surface area (Å²) in [6, 6.07) is 0.181. The summed E-state index contributed by atoms with van der Waals surface area (Å²) in [5.41, 5.74) is 5.70. The van der Waals surface area contributed by atoms with Gasteiger partial charge in [-0.2, -0.15) is 4.37 Å². The number of nitrogen functional groups attached to an aromatic ring is 1. The third-order valence-corrected chi connectivity index (χ3v) is 3.36. The van der Waals surface area contributed by atoms with Crippen molar-refractivity contribution in [3.05, 3.63) is 0 Å². The van der Waals surface area contributed by atoms with Gasteiger partial charge >= 0.3 is 0 Å². The van der Waals surface area contributed by atoms with Gasteiger partial charge in [0.05, 0.1) is 6.61 Å². The largest absolute Gasteiger partial charge is 0.487 e. The van der Waals surface area contributed by atoms with Crippen molar-refractivity contribution in [1.82, 2.24) is 9.69 Å². The molecule has 2 heterocycles. The highest BCUT2D eigenvalue weighted by molar-refractivity contribution is 7.11. The van der Waals surface area contributed by atoms with Gasteiger partial charge in [0.15, 0.2) is 16.6 Å². The number of nitrogens with two attached hydrogens (primary N) is 1. The summed E-state index contributed by atoms with van der Waals surface area (Å²) in [7, 11) is 0. The van der Waals surface area contributed by atoms with Crippen LogP contribution in [0.15, 0.2) is 0 Å². The highest BCUT2D eigenvalue weighted by atomic mass is 32.1. The molecule has 1 saturated heterocycles. The van der Waals surface area contributed by atoms with Crippen LogP contribution >= 0.6 is 11.5 Å². The second kappa shape index (κ2) is 5.22. The summed E-state index contributed by atoms with van der Waals surface area (Å²) in [4.78, 5) is 11.0. The number of anilines is 2. The Bertz CT molecular complexity index is 407. The first kappa shape index (κ1) is 12.0. The Morgan fingerprint density at radius 1 is 1.71 bits per heavy atom. The lowest BCUT2D eigenvalue weighted by atomic mass is 10.2. The Kier molecular flexibility index (Phi) is 3.68. The first-order valence-corrected chi connectivity index (χ1v) is 6.39. The fourth-order valence-corrected chi connectivity index (χ4v) is 2.40. The molecule has 0 radical (unpaired) electrons. The molecule has 0 aliphatic carbocycles. The van der Waals surface area contributed by atoms with Crippen molar-refractivity contribution in [2.75, 3.05) is 24.2 Å². The van der Waals surface area contributed by atoms with Gasteiger partial charge in [-0.1, -0.05) is 0 Å². The zero-order chi connectivity index (χ0) is 12.3. The molecule has 17 heavy (non-hydrogen) atoms. The maximum absolute atomic E-state index is 11.0. The monoisotopic (exact) mass is 256 g/mol. The van der Waals surface area contributed by atoms with Gasteiger partial charge < -0.3 is 21.1 Å². The normalized spacial score (nSPS) is 19.1. The van der Waals surface area contributed by atoms with E-state index in [2.05, 4.69) is 15.0 Å². The van der Waals surface area contributed by atoms with E-state index in [4.69, 9.17) is 10.5 Å². The summed E-state index contributed by atoms with van der Waals surface area (Å²) in [6.45, 7) is 3.13. The lowest BCUT2D eigenvalue weighted by Crippen LogP contribution is -2.31. The average Bonchev–Trinajstić information content (AvgIpc) is 2.86. The average molecular weight is 256 g/mol. The van der Waals surface area contributed by atoms with Crippen LogP contribution in [-0.4, -0.2) is 29.5 Å². The quantitative estimate of drug-likeness (QED) is 0.725. The number of carbonyl (C=O) groups is 1. The number of amides is 1. The fourth-order valence-electron chi connectivity index (χ4n) is 1.74. The molecule has 94 valence electrons. The zero-order valence-corrected chi connectivity index (χ0v) is 10.5. The molecule has 1 atom stereocenters. The molecule has 7 heteroatoms. The maximum atomic E-state index is 11.0. The van der Waals surface area contributed by atoms with Gasteiger partial charge in [-0.15, -0.1) is 0 Å². The van der Waals surface area contributed by atoms with Crippen LogP contribution in [0.4, 0.5) is 10.8 Å². The number of ether oxygens (including phenoxy) is 1. The van der Waals surface area contributed by atoms with E-state index in [0.717, 1.165) is 11.4 Å². The first-order chi connectivity index (χ1) is 8.20. The van der Waals surface area contributed by atoms with Crippen LogP contribution in [0.25, 0.3) is 0 Å². The molecule has 1 unspecified atom stereocenters. The second-order valence-corrected chi connectivity index (χ2v) is 4.62. The smallest absolute Gasteiger partial charge is 0.220 e. The van der Waals surface area contributed by atoms with Crippen molar-refractivity contribution in [1.29, 1.82) is 0 Å². The third-order valence-electron chi connectivity index (χ3n) is 2.56. The number of carbonyl (C=O) groups excluding carboxylic acids is 1. The van der Waals surface area contributed by atoms with Gasteiger partial charge in [-0.3, -0.25) is 4.79 Å². The van der Waals surface area contributed by atoms with Crippen LogP contribution in [0.1, 0.15) is 19.8 Å². The Hall–Kier alpha value is -1.50. The van der Waals surface area contributed by atoms with Gasteiger partial charge in [0.1, 0.15) is 0 Å². The molecule has 1 aliphatic rings. The van der Waals surface area contributed by atoms with Gasteiger partial charge in [0, 0.05) is 19.0 Å². The lowest BCUT2D eigenvalue weighted by molar-refractivity contribution is -0.119. The molecule has 1 aromatic heterocycles. The van der Waals surface area contributed by atoms with Crippen LogP contribution < -0.4 is 21.1 Å². The minimum Gasteiger partial charge on any atom is -0.487 e. The van der Waals surface area contributed by atoms with Crippen molar-refractivity contribution in [3.8, 4) is 5.75 Å². The van der Waals surface area contributed by atoms with Gasteiger partial charge in [0.25, 0.3) is 0 Å². The van der Waals surface area contributed by atoms with Crippen LogP contribution in [-0.2, 0) is 4.79 Å². The van der Waals surface area contributed by atoms with E-state index in [0.29, 0.717) is 31.1 Å². The zero-order valence-electron chi connectivity index (χ0n) is 9.66. The summed E-state index contributed by atoms with van der Waals surface area (Å²) in [5.74, 6) is 1.14. The molecule has 0 saturated carbocycles. The minimum absolute atomic E-state index is 0.116. The topological polar surface area (TPSA) is 89.3 Å². The molecule has 1 amide bonds. The number of hydrogen-bond donors (Lipinski definition) is 3. The standard InChI is InChI=1S/C10H16N4O2S/c1-2-16-8-9(11)14-17-10(8)12-5-6-3-4-7(15)13-6/h6,12H,2-5H2,1H3,(H2,11,14)(H,13,15). The van der Waals surface area contributed by atoms with Crippen LogP contribution in [0.3, 0.4) is 0 Å². The molecule has 0 spiro atoms. The first-order valence-electron chi connectivity index (χ1n) is 5.62. The number of nitrogens with one attached hydrogen (secondary N) is 2. The van der Waals surface area contributed by atoms with Gasteiger partial charge in [-0.05, 0) is 24.9 Å². The predicted molar refractivity (Wildman–Crippen MR) is 67.3 cm³/mol. The molecule has 0 bridgehead atoms. The van der Waals surface area contributed by atoms with Crippen molar-refractivity contribution < 1.29 is 9.53 Å². The molecule has 0 aromatic carbocycles. The molecular formula is C10H16N4O2S. The van der Waals surface area contributed by atoms with Crippen LogP contribution in [0.2, 0.25) is 0 Å². The van der Waals surface area contributed by atoms with Crippen molar-refractivity contribution in [3.63, 3.8) is 0 Å². The third kappa shape index (κ3) is 2.79. The van der Waals surface area contributed by atoms with Crippen molar-refractivity contribution in [2.45, 2.75) is 25.8 Å². The van der Waals surface area contributed by atoms with Crippen LogP contribution in [0, 0.1) is 0 Å². The summed E-state index contributed by atoms with van der Waals surface area (Å²) >= 11 is 1.28. The maximum Gasteiger partial charge on any atom is 0.220 e. The molecule has 2 rings (SSSR count). The SMILES string of the molecule is CCOc1c(N)nsc1NCC1CCC(=O)N1. The molecule has 6 nitrogen and oxygen atoms in total. The number of aromatic nitrogens is 1. The highest BCUT2D eigenvalue weighted by Gasteiger charge is 2.21. The highest BCUT2D eigenvalue weighted by Crippen LogP contribution is 2.35. The van der Waals surface area contributed by atoms with E-state index in [9.17, 15) is 4.79 Å².